The van der Waals surface area contributed by atoms with E-state index in [-0.39, 0.29) is 16.3 Å². The molecule has 2 aromatic rings. The molecule has 0 spiro atoms. The van der Waals surface area contributed by atoms with E-state index < -0.39 is 20.0 Å². The van der Waals surface area contributed by atoms with Gasteiger partial charge in [-0.3, -0.25) is 24.8 Å². The van der Waals surface area contributed by atoms with E-state index in [0.717, 1.165) is 11.6 Å². The smallest absolute Gasteiger partial charge is 0.282 e. The third kappa shape index (κ3) is 5.80. The molecule has 10 heteroatoms. The summed E-state index contributed by atoms with van der Waals surface area (Å²) in [6, 6.07) is 10.6. The minimum Gasteiger partial charge on any atom is -0.282 e. The second-order valence-electron chi connectivity index (χ2n) is 4.32. The van der Waals surface area contributed by atoms with Gasteiger partial charge in [-0.2, -0.15) is 8.42 Å². The van der Waals surface area contributed by atoms with Gasteiger partial charge in [-0.1, -0.05) is 17.7 Å². The summed E-state index contributed by atoms with van der Waals surface area (Å²) in [6.45, 7) is 1.84. The predicted molar refractivity (Wildman–Crippen MR) is 80.7 cm³/mol. The van der Waals surface area contributed by atoms with Crippen LogP contribution in [0.5, 0.6) is 0 Å². The van der Waals surface area contributed by atoms with Crippen molar-refractivity contribution in [3.8, 4) is 0 Å². The van der Waals surface area contributed by atoms with Gasteiger partial charge in [0.15, 0.2) is 0 Å². The van der Waals surface area contributed by atoms with Crippen molar-refractivity contribution in [1.29, 1.82) is 0 Å². The minimum atomic E-state index is -4.02. The van der Waals surface area contributed by atoms with Crippen LogP contribution < -0.4 is 0 Å². The van der Waals surface area contributed by atoms with Crippen molar-refractivity contribution in [1.82, 2.24) is 0 Å². The normalized spacial score (nSPS) is 10.3. The predicted octanol–water partition coefficient (Wildman–Crippen LogP) is 2.74. The highest BCUT2D eigenvalue weighted by Crippen LogP contribution is 2.18. The molecule has 1 N–H and O–H groups in total. The number of benzene rings is 2. The molecule has 9 nitrogen and oxygen atoms in total. The molecule has 0 fully saturated rings. The Morgan fingerprint density at radius 2 is 1.35 bits per heavy atom. The molecule has 0 saturated heterocycles. The molecular weight excluding hydrogens is 328 g/mol. The quantitative estimate of drug-likeness (QED) is 0.514. The van der Waals surface area contributed by atoms with Crippen LogP contribution in [0.15, 0.2) is 53.4 Å². The monoisotopic (exact) mass is 340 g/mol. The highest BCUT2D eigenvalue weighted by Gasteiger charge is 2.11. The summed E-state index contributed by atoms with van der Waals surface area (Å²) in [5, 5.41) is 20.3. The van der Waals surface area contributed by atoms with Crippen molar-refractivity contribution in [2.75, 3.05) is 0 Å². The Morgan fingerprint density at radius 3 is 1.70 bits per heavy atom. The molecule has 122 valence electrons. The molecule has 0 unspecified atom stereocenters. The van der Waals surface area contributed by atoms with Gasteiger partial charge in [0.25, 0.3) is 21.5 Å². The number of rotatable bonds is 3. The summed E-state index contributed by atoms with van der Waals surface area (Å²) >= 11 is 0. The number of nitro groups is 2. The summed E-state index contributed by atoms with van der Waals surface area (Å²) in [7, 11) is -4.02. The molecule has 2 rings (SSSR count). The summed E-state index contributed by atoms with van der Waals surface area (Å²) in [6.07, 6.45) is 0. The van der Waals surface area contributed by atoms with Crippen LogP contribution >= 0.6 is 0 Å². The fraction of sp³-hybridized carbons (Fsp3) is 0.0769. The van der Waals surface area contributed by atoms with Crippen LogP contribution in [0.1, 0.15) is 5.56 Å². The van der Waals surface area contributed by atoms with E-state index in [1.54, 1.807) is 12.1 Å². The molecule has 0 radical (unpaired) electrons. The Kier molecular flexibility index (Phi) is 5.87. The molecule has 0 heterocycles. The topological polar surface area (TPSA) is 141 Å². The van der Waals surface area contributed by atoms with Crippen LogP contribution in [0.4, 0.5) is 11.4 Å². The lowest BCUT2D eigenvalue weighted by atomic mass is 10.2. The number of hydrogen-bond donors (Lipinski definition) is 1. The molecule has 0 aliphatic rings. The maximum absolute atomic E-state index is 10.5. The SMILES string of the molecule is Cc1ccc(S(=O)(=O)O)cc1.O=[N+]([O-])c1cccc([N+](=O)[O-])c1. The second kappa shape index (κ2) is 7.42. The van der Waals surface area contributed by atoms with Gasteiger partial charge < -0.3 is 0 Å². The zero-order valence-electron chi connectivity index (χ0n) is 11.8. The summed E-state index contributed by atoms with van der Waals surface area (Å²) in [5.74, 6) is 0. The molecule has 0 atom stereocenters. The van der Waals surface area contributed by atoms with Crippen molar-refractivity contribution >= 4 is 21.5 Å². The van der Waals surface area contributed by atoms with Gasteiger partial charge in [0, 0.05) is 12.1 Å². The molecule has 0 saturated carbocycles. The summed E-state index contributed by atoms with van der Waals surface area (Å²) in [4.78, 5) is 18.9. The summed E-state index contributed by atoms with van der Waals surface area (Å²) < 4.78 is 29.6. The first-order valence-electron chi connectivity index (χ1n) is 6.04. The molecule has 23 heavy (non-hydrogen) atoms. The number of hydrogen-bond acceptors (Lipinski definition) is 6. The van der Waals surface area contributed by atoms with Crippen molar-refractivity contribution in [2.45, 2.75) is 11.8 Å². The first kappa shape index (κ1) is 18.2. The van der Waals surface area contributed by atoms with E-state index in [0.29, 0.717) is 0 Å². The lowest BCUT2D eigenvalue weighted by molar-refractivity contribution is -0.394. The first-order valence-corrected chi connectivity index (χ1v) is 7.48. The van der Waals surface area contributed by atoms with Crippen molar-refractivity contribution in [2.24, 2.45) is 0 Å². The fourth-order valence-corrected chi connectivity index (χ4v) is 1.91. The third-order valence-electron chi connectivity index (χ3n) is 2.57. The van der Waals surface area contributed by atoms with E-state index >= 15 is 0 Å². The fourth-order valence-electron chi connectivity index (χ4n) is 1.43. The Balaban J connectivity index is 0.000000231. The third-order valence-corrected chi connectivity index (χ3v) is 3.44. The number of nitrogens with zero attached hydrogens (tertiary/aromatic N) is 2. The van der Waals surface area contributed by atoms with Gasteiger partial charge >= 0.3 is 0 Å². The van der Waals surface area contributed by atoms with E-state index in [1.165, 1.54) is 30.3 Å². The van der Waals surface area contributed by atoms with E-state index in [1.807, 2.05) is 6.92 Å². The van der Waals surface area contributed by atoms with E-state index in [4.69, 9.17) is 4.55 Å². The van der Waals surface area contributed by atoms with Gasteiger partial charge in [0.05, 0.1) is 20.8 Å². The van der Waals surface area contributed by atoms with E-state index in [2.05, 4.69) is 0 Å². The van der Waals surface area contributed by atoms with Crippen molar-refractivity contribution in [3.05, 3.63) is 74.3 Å². The zero-order valence-corrected chi connectivity index (χ0v) is 12.6. The molecule has 0 bridgehead atoms. The van der Waals surface area contributed by atoms with Crippen molar-refractivity contribution < 1.29 is 22.8 Å². The maximum atomic E-state index is 10.5. The summed E-state index contributed by atoms with van der Waals surface area (Å²) in [5.41, 5.74) is 0.408. The number of aryl methyl sites for hydroxylation is 1. The van der Waals surface area contributed by atoms with Crippen LogP contribution in [0.2, 0.25) is 0 Å². The standard InChI is InChI=1S/C7H8O3S.C6H4N2O4/c1-6-2-4-7(5-3-6)11(8,9)10;9-7(10)5-2-1-3-6(4-5)8(11)12/h2-5H,1H3,(H,8,9,10);1-4H. The maximum Gasteiger partial charge on any atom is 0.294 e. The minimum absolute atomic E-state index is 0.0666. The largest absolute Gasteiger partial charge is 0.294 e. The lowest BCUT2D eigenvalue weighted by Crippen LogP contribution is -1.96. The highest BCUT2D eigenvalue weighted by atomic mass is 32.2. The van der Waals surface area contributed by atoms with Crippen LogP contribution in [0, 0.1) is 27.2 Å². The molecular formula is C13H12N2O7S. The Bertz CT molecular complexity index is 787. The molecule has 0 aliphatic heterocycles. The van der Waals surface area contributed by atoms with Gasteiger partial charge in [-0.15, -0.1) is 0 Å². The van der Waals surface area contributed by atoms with Gasteiger partial charge in [-0.05, 0) is 25.1 Å². The molecule has 0 aromatic heterocycles. The van der Waals surface area contributed by atoms with Crippen LogP contribution in [0.25, 0.3) is 0 Å². The Labute approximate surface area is 131 Å². The van der Waals surface area contributed by atoms with Crippen LogP contribution in [-0.2, 0) is 10.1 Å². The van der Waals surface area contributed by atoms with Crippen LogP contribution in [-0.4, -0.2) is 22.8 Å². The molecule has 0 amide bonds. The van der Waals surface area contributed by atoms with Gasteiger partial charge in [0.2, 0.25) is 0 Å². The average Bonchev–Trinajstić information content (AvgIpc) is 2.47. The second-order valence-corrected chi connectivity index (χ2v) is 5.74. The lowest BCUT2D eigenvalue weighted by Gasteiger charge is -1.95. The van der Waals surface area contributed by atoms with Gasteiger partial charge in [0.1, 0.15) is 0 Å². The van der Waals surface area contributed by atoms with Crippen molar-refractivity contribution in [3.63, 3.8) is 0 Å². The average molecular weight is 340 g/mol. The molecule has 0 aliphatic carbocycles. The van der Waals surface area contributed by atoms with Gasteiger partial charge in [-0.25, -0.2) is 0 Å². The molecule has 2 aromatic carbocycles. The Hall–Kier alpha value is -2.85. The zero-order chi connectivity index (χ0) is 17.6. The highest BCUT2D eigenvalue weighted by molar-refractivity contribution is 7.85. The van der Waals surface area contributed by atoms with E-state index in [9.17, 15) is 28.6 Å². The number of nitro benzene ring substituents is 2. The number of non-ortho nitro benzene ring substituents is 2. The Morgan fingerprint density at radius 1 is 0.913 bits per heavy atom. The van der Waals surface area contributed by atoms with Crippen LogP contribution in [0.3, 0.4) is 0 Å². The first-order chi connectivity index (χ1) is 10.6.